The van der Waals surface area contributed by atoms with Crippen molar-refractivity contribution in [2.24, 2.45) is 11.8 Å². The van der Waals surface area contributed by atoms with E-state index in [1.54, 1.807) is 6.33 Å². The zero-order chi connectivity index (χ0) is 12.1. The standard InChI is InChI=1S/C14H18N4/c1-2-12-17-11-7-15-8-16-14(11)18(12)13(9-3-4-9)10-5-6-10/h7-10,13H,2-6H2,1H3. The van der Waals surface area contributed by atoms with Gasteiger partial charge in [0.05, 0.1) is 6.20 Å². The van der Waals surface area contributed by atoms with E-state index in [1.807, 2.05) is 6.20 Å². The number of nitrogens with zero attached hydrogens (tertiary/aromatic N) is 4. The summed E-state index contributed by atoms with van der Waals surface area (Å²) in [5.74, 6) is 2.93. The molecule has 2 heterocycles. The summed E-state index contributed by atoms with van der Waals surface area (Å²) in [7, 11) is 0. The summed E-state index contributed by atoms with van der Waals surface area (Å²) >= 11 is 0. The molecule has 2 saturated carbocycles. The Bertz CT molecular complexity index is 568. The maximum absolute atomic E-state index is 4.71. The van der Waals surface area contributed by atoms with Crippen molar-refractivity contribution >= 4 is 11.2 Å². The summed E-state index contributed by atoms with van der Waals surface area (Å²) in [4.78, 5) is 13.3. The summed E-state index contributed by atoms with van der Waals surface area (Å²) < 4.78 is 2.44. The lowest BCUT2D eigenvalue weighted by atomic mass is 10.1. The van der Waals surface area contributed by atoms with Gasteiger partial charge < -0.3 is 4.57 Å². The van der Waals surface area contributed by atoms with Crippen LogP contribution in [0.3, 0.4) is 0 Å². The highest BCUT2D eigenvalue weighted by molar-refractivity contribution is 5.70. The van der Waals surface area contributed by atoms with Crippen molar-refractivity contribution in [2.45, 2.75) is 45.1 Å². The Labute approximate surface area is 106 Å². The fourth-order valence-corrected chi connectivity index (χ4v) is 3.14. The lowest BCUT2D eigenvalue weighted by molar-refractivity contribution is 0.391. The van der Waals surface area contributed by atoms with Gasteiger partial charge in [-0.1, -0.05) is 6.92 Å². The van der Waals surface area contributed by atoms with Crippen LogP contribution in [0.5, 0.6) is 0 Å². The van der Waals surface area contributed by atoms with Crippen LogP contribution in [0.25, 0.3) is 11.2 Å². The average molecular weight is 242 g/mol. The van der Waals surface area contributed by atoms with Crippen LogP contribution in [0.4, 0.5) is 0 Å². The first-order chi connectivity index (χ1) is 8.88. The predicted molar refractivity (Wildman–Crippen MR) is 69.2 cm³/mol. The van der Waals surface area contributed by atoms with E-state index in [1.165, 1.54) is 31.5 Å². The van der Waals surface area contributed by atoms with Crippen molar-refractivity contribution in [3.05, 3.63) is 18.3 Å². The molecule has 0 N–H and O–H groups in total. The summed E-state index contributed by atoms with van der Waals surface area (Å²) in [6.07, 6.45) is 10.0. The van der Waals surface area contributed by atoms with Crippen molar-refractivity contribution in [1.29, 1.82) is 0 Å². The van der Waals surface area contributed by atoms with Crippen LogP contribution in [-0.4, -0.2) is 19.5 Å². The van der Waals surface area contributed by atoms with Crippen molar-refractivity contribution in [3.63, 3.8) is 0 Å². The zero-order valence-corrected chi connectivity index (χ0v) is 10.7. The number of hydrogen-bond acceptors (Lipinski definition) is 3. The Morgan fingerprint density at radius 2 is 2.00 bits per heavy atom. The number of hydrogen-bond donors (Lipinski definition) is 0. The maximum Gasteiger partial charge on any atom is 0.163 e. The van der Waals surface area contributed by atoms with Gasteiger partial charge in [-0.05, 0) is 37.5 Å². The van der Waals surface area contributed by atoms with Crippen LogP contribution in [0.2, 0.25) is 0 Å². The smallest absolute Gasteiger partial charge is 0.163 e. The van der Waals surface area contributed by atoms with E-state index in [2.05, 4.69) is 21.5 Å². The van der Waals surface area contributed by atoms with Gasteiger partial charge in [-0.3, -0.25) is 0 Å². The Morgan fingerprint density at radius 3 is 2.61 bits per heavy atom. The Hall–Kier alpha value is -1.45. The Balaban J connectivity index is 1.90. The number of aryl methyl sites for hydroxylation is 1. The molecule has 2 aliphatic carbocycles. The summed E-state index contributed by atoms with van der Waals surface area (Å²) in [6.45, 7) is 2.18. The largest absolute Gasteiger partial charge is 0.309 e. The zero-order valence-electron chi connectivity index (χ0n) is 10.7. The number of imidazole rings is 1. The Kier molecular flexibility index (Phi) is 2.19. The van der Waals surface area contributed by atoms with Gasteiger partial charge in [-0.25, -0.2) is 15.0 Å². The normalized spacial score (nSPS) is 19.9. The third kappa shape index (κ3) is 1.55. The molecule has 0 aliphatic heterocycles. The molecule has 4 rings (SSSR count). The lowest BCUT2D eigenvalue weighted by Gasteiger charge is -2.20. The maximum atomic E-state index is 4.71. The summed E-state index contributed by atoms with van der Waals surface area (Å²) in [5.41, 5.74) is 2.01. The quantitative estimate of drug-likeness (QED) is 0.828. The second-order valence-electron chi connectivity index (χ2n) is 5.65. The molecule has 2 aliphatic rings. The minimum Gasteiger partial charge on any atom is -0.309 e. The van der Waals surface area contributed by atoms with Crippen molar-refractivity contribution in [1.82, 2.24) is 19.5 Å². The first kappa shape index (κ1) is 10.5. The number of fused-ring (bicyclic) bond motifs is 1. The topological polar surface area (TPSA) is 43.6 Å². The molecule has 0 aromatic carbocycles. The predicted octanol–water partition coefficient (Wildman–Crippen LogP) is 2.75. The molecule has 0 radical (unpaired) electrons. The van der Waals surface area contributed by atoms with Gasteiger partial charge in [-0.15, -0.1) is 0 Å². The van der Waals surface area contributed by atoms with Crippen molar-refractivity contribution in [2.75, 3.05) is 0 Å². The van der Waals surface area contributed by atoms with Crippen LogP contribution < -0.4 is 0 Å². The van der Waals surface area contributed by atoms with Gasteiger partial charge in [0.1, 0.15) is 17.7 Å². The third-order valence-corrected chi connectivity index (χ3v) is 4.25. The van der Waals surface area contributed by atoms with E-state index in [0.29, 0.717) is 6.04 Å². The highest BCUT2D eigenvalue weighted by Crippen LogP contribution is 2.53. The first-order valence-corrected chi connectivity index (χ1v) is 7.05. The van der Waals surface area contributed by atoms with E-state index in [0.717, 1.165) is 29.4 Å². The fourth-order valence-electron chi connectivity index (χ4n) is 3.14. The molecule has 4 nitrogen and oxygen atoms in total. The average Bonchev–Trinajstić information content (AvgIpc) is 3.28. The number of rotatable bonds is 4. The minimum absolute atomic E-state index is 0.653. The molecule has 0 atom stereocenters. The van der Waals surface area contributed by atoms with E-state index < -0.39 is 0 Å². The van der Waals surface area contributed by atoms with Gasteiger partial charge in [-0.2, -0.15) is 0 Å². The molecule has 2 aromatic heterocycles. The SMILES string of the molecule is CCc1nc2cncnc2n1C(C1CC1)C1CC1. The van der Waals surface area contributed by atoms with Crippen LogP contribution in [-0.2, 0) is 6.42 Å². The van der Waals surface area contributed by atoms with E-state index in [9.17, 15) is 0 Å². The van der Waals surface area contributed by atoms with Gasteiger partial charge in [0, 0.05) is 12.5 Å². The molecule has 0 bridgehead atoms. The van der Waals surface area contributed by atoms with Crippen LogP contribution in [0.15, 0.2) is 12.5 Å². The molecule has 18 heavy (non-hydrogen) atoms. The monoisotopic (exact) mass is 242 g/mol. The number of aromatic nitrogens is 4. The second-order valence-corrected chi connectivity index (χ2v) is 5.65. The molecular weight excluding hydrogens is 224 g/mol. The fraction of sp³-hybridized carbons (Fsp3) is 0.643. The second kappa shape index (κ2) is 3.77. The molecule has 0 saturated heterocycles. The lowest BCUT2D eigenvalue weighted by Crippen LogP contribution is -2.16. The molecule has 2 fully saturated rings. The van der Waals surface area contributed by atoms with Crippen LogP contribution in [0.1, 0.15) is 44.5 Å². The van der Waals surface area contributed by atoms with Crippen molar-refractivity contribution in [3.8, 4) is 0 Å². The van der Waals surface area contributed by atoms with Gasteiger partial charge in [0.2, 0.25) is 0 Å². The van der Waals surface area contributed by atoms with Crippen LogP contribution >= 0.6 is 0 Å². The first-order valence-electron chi connectivity index (χ1n) is 7.05. The third-order valence-electron chi connectivity index (χ3n) is 4.25. The van der Waals surface area contributed by atoms with Crippen LogP contribution in [0, 0.1) is 11.8 Å². The molecule has 0 amide bonds. The highest BCUT2D eigenvalue weighted by atomic mass is 15.2. The molecule has 2 aromatic rings. The Morgan fingerprint density at radius 1 is 1.28 bits per heavy atom. The molecule has 94 valence electrons. The van der Waals surface area contributed by atoms with Gasteiger partial charge >= 0.3 is 0 Å². The van der Waals surface area contributed by atoms with E-state index in [4.69, 9.17) is 4.98 Å². The molecule has 0 unspecified atom stereocenters. The van der Waals surface area contributed by atoms with Gasteiger partial charge in [0.15, 0.2) is 5.65 Å². The van der Waals surface area contributed by atoms with E-state index in [-0.39, 0.29) is 0 Å². The molecular formula is C14H18N4. The molecule has 4 heteroatoms. The summed E-state index contributed by atoms with van der Waals surface area (Å²) in [6, 6.07) is 0.653. The highest BCUT2D eigenvalue weighted by Gasteiger charge is 2.44. The summed E-state index contributed by atoms with van der Waals surface area (Å²) in [5, 5.41) is 0. The molecule has 0 spiro atoms. The minimum atomic E-state index is 0.653. The van der Waals surface area contributed by atoms with E-state index >= 15 is 0 Å². The van der Waals surface area contributed by atoms with Crippen molar-refractivity contribution < 1.29 is 0 Å². The van der Waals surface area contributed by atoms with Gasteiger partial charge in [0.25, 0.3) is 0 Å².